The minimum absolute atomic E-state index is 0.696. The lowest BCUT2D eigenvalue weighted by Crippen LogP contribution is -2.38. The van der Waals surface area contributed by atoms with Crippen molar-refractivity contribution in [2.45, 2.75) is 51.5 Å². The van der Waals surface area contributed by atoms with E-state index in [0.717, 1.165) is 30.7 Å². The topological polar surface area (TPSA) is 12.0 Å². The van der Waals surface area contributed by atoms with E-state index >= 15 is 0 Å². The molecule has 2 aliphatic rings. The van der Waals surface area contributed by atoms with Crippen molar-refractivity contribution in [2.75, 3.05) is 6.54 Å². The number of hydrogen-bond acceptors (Lipinski definition) is 1. The van der Waals surface area contributed by atoms with Crippen LogP contribution in [0.3, 0.4) is 0 Å². The van der Waals surface area contributed by atoms with Crippen LogP contribution in [0.2, 0.25) is 0 Å². The Morgan fingerprint density at radius 1 is 1.40 bits per heavy atom. The van der Waals surface area contributed by atoms with E-state index in [9.17, 15) is 0 Å². The highest BCUT2D eigenvalue weighted by molar-refractivity contribution is 4.96. The van der Waals surface area contributed by atoms with Gasteiger partial charge in [0.1, 0.15) is 0 Å². The van der Waals surface area contributed by atoms with Crippen molar-refractivity contribution in [3.05, 3.63) is 0 Å². The number of fused-ring (bicyclic) bond motifs is 2. The van der Waals surface area contributed by atoms with E-state index in [1.807, 2.05) is 0 Å². The molecule has 1 heteroatoms. The van der Waals surface area contributed by atoms with Gasteiger partial charge in [0.2, 0.25) is 0 Å². The summed E-state index contributed by atoms with van der Waals surface area (Å²) in [5.41, 5.74) is 0. The Morgan fingerprint density at radius 3 is 2.80 bits per heavy atom. The van der Waals surface area contributed by atoms with E-state index in [-0.39, 0.29) is 0 Å². The average Bonchev–Trinajstić information content (AvgIpc) is 2.85. The Labute approximate surface area is 94.0 Å². The molecule has 0 aromatic heterocycles. The van der Waals surface area contributed by atoms with E-state index < -0.39 is 0 Å². The van der Waals surface area contributed by atoms with Crippen molar-refractivity contribution in [1.29, 1.82) is 0 Å². The van der Waals surface area contributed by atoms with Gasteiger partial charge in [-0.25, -0.2) is 0 Å². The lowest BCUT2D eigenvalue weighted by Gasteiger charge is -2.30. The molecule has 0 aromatic rings. The zero-order valence-electron chi connectivity index (χ0n) is 9.84. The van der Waals surface area contributed by atoms with Crippen LogP contribution in [-0.4, -0.2) is 12.6 Å². The molecule has 2 saturated carbocycles. The lowest BCUT2D eigenvalue weighted by atomic mass is 9.81. The fourth-order valence-electron chi connectivity index (χ4n) is 3.76. The molecule has 2 rings (SSSR count). The Bertz CT molecular complexity index is 240. The van der Waals surface area contributed by atoms with Crippen LogP contribution < -0.4 is 5.32 Å². The number of terminal acetylenes is 1. The third-order valence-corrected chi connectivity index (χ3v) is 4.38. The molecular weight excluding hydrogens is 182 g/mol. The molecular formula is C14H23N. The molecule has 0 radical (unpaired) electrons. The van der Waals surface area contributed by atoms with E-state index in [0.29, 0.717) is 6.04 Å². The molecule has 84 valence electrons. The van der Waals surface area contributed by atoms with Crippen molar-refractivity contribution in [3.63, 3.8) is 0 Å². The monoisotopic (exact) mass is 205 g/mol. The van der Waals surface area contributed by atoms with E-state index in [2.05, 4.69) is 18.2 Å². The molecule has 1 N–H and O–H groups in total. The van der Waals surface area contributed by atoms with Gasteiger partial charge in [-0.3, -0.25) is 0 Å². The smallest absolute Gasteiger partial charge is 0.0107 e. The zero-order chi connectivity index (χ0) is 10.7. The largest absolute Gasteiger partial charge is 0.314 e. The van der Waals surface area contributed by atoms with Crippen LogP contribution in [0.1, 0.15) is 45.4 Å². The van der Waals surface area contributed by atoms with Gasteiger partial charge in [0.25, 0.3) is 0 Å². The quantitative estimate of drug-likeness (QED) is 0.681. The summed E-state index contributed by atoms with van der Waals surface area (Å²) < 4.78 is 0. The van der Waals surface area contributed by atoms with E-state index in [4.69, 9.17) is 6.42 Å². The molecule has 4 atom stereocenters. The van der Waals surface area contributed by atoms with Gasteiger partial charge < -0.3 is 5.32 Å². The van der Waals surface area contributed by atoms with Gasteiger partial charge in [-0.05, 0) is 50.0 Å². The molecule has 0 aromatic carbocycles. The van der Waals surface area contributed by atoms with Crippen molar-refractivity contribution >= 4 is 0 Å². The maximum atomic E-state index is 5.37. The van der Waals surface area contributed by atoms with Crippen molar-refractivity contribution < 1.29 is 0 Å². The summed E-state index contributed by atoms with van der Waals surface area (Å²) in [6.45, 7) is 3.29. The molecule has 0 saturated heterocycles. The molecule has 0 spiro atoms. The van der Waals surface area contributed by atoms with Crippen LogP contribution >= 0.6 is 0 Å². The molecule has 0 amide bonds. The summed E-state index contributed by atoms with van der Waals surface area (Å²) in [6.07, 6.45) is 13.4. The van der Waals surface area contributed by atoms with Gasteiger partial charge in [0, 0.05) is 12.5 Å². The molecule has 0 heterocycles. The third kappa shape index (κ3) is 2.37. The average molecular weight is 205 g/mol. The number of nitrogens with one attached hydrogen (secondary N) is 1. The van der Waals surface area contributed by atoms with Gasteiger partial charge in [-0.15, -0.1) is 12.3 Å². The second kappa shape index (κ2) is 5.03. The lowest BCUT2D eigenvalue weighted by molar-refractivity contribution is 0.242. The van der Waals surface area contributed by atoms with Crippen molar-refractivity contribution in [1.82, 2.24) is 5.32 Å². The molecule has 2 aliphatic carbocycles. The minimum atomic E-state index is 0.696. The first kappa shape index (κ1) is 11.0. The Hall–Kier alpha value is -0.480. The normalized spacial score (nSPS) is 35.3. The van der Waals surface area contributed by atoms with Gasteiger partial charge in [-0.1, -0.05) is 13.3 Å². The molecule has 4 unspecified atom stereocenters. The van der Waals surface area contributed by atoms with Crippen LogP contribution in [0.4, 0.5) is 0 Å². The predicted octanol–water partition coefficient (Wildman–Crippen LogP) is 2.81. The third-order valence-electron chi connectivity index (χ3n) is 4.38. The fourth-order valence-corrected chi connectivity index (χ4v) is 3.76. The summed E-state index contributed by atoms with van der Waals surface area (Å²) >= 11 is 0. The Balaban J connectivity index is 1.90. The summed E-state index contributed by atoms with van der Waals surface area (Å²) in [7, 11) is 0. The number of rotatable bonds is 5. The maximum Gasteiger partial charge on any atom is 0.0107 e. The summed E-state index contributed by atoms with van der Waals surface area (Å²) in [4.78, 5) is 0. The van der Waals surface area contributed by atoms with Crippen molar-refractivity contribution in [3.8, 4) is 12.3 Å². The van der Waals surface area contributed by atoms with Gasteiger partial charge in [0.15, 0.2) is 0 Å². The van der Waals surface area contributed by atoms with E-state index in [1.54, 1.807) is 0 Å². The fraction of sp³-hybridized carbons (Fsp3) is 0.857. The highest BCUT2D eigenvalue weighted by atomic mass is 14.9. The van der Waals surface area contributed by atoms with Gasteiger partial charge in [0.05, 0.1) is 0 Å². The molecule has 2 bridgehead atoms. The van der Waals surface area contributed by atoms with Gasteiger partial charge >= 0.3 is 0 Å². The number of hydrogen-bond donors (Lipinski definition) is 1. The molecule has 15 heavy (non-hydrogen) atoms. The van der Waals surface area contributed by atoms with Crippen LogP contribution in [0.5, 0.6) is 0 Å². The van der Waals surface area contributed by atoms with Crippen LogP contribution in [0.25, 0.3) is 0 Å². The second-order valence-corrected chi connectivity index (χ2v) is 5.25. The van der Waals surface area contributed by atoms with Crippen molar-refractivity contribution in [2.24, 2.45) is 17.8 Å². The molecule has 0 aliphatic heterocycles. The SMILES string of the molecule is C#CCCC(NCC)C1CC2CCC1C2. The summed E-state index contributed by atoms with van der Waals surface area (Å²) in [5, 5.41) is 3.65. The molecule has 2 fully saturated rings. The first-order valence-electron chi connectivity index (χ1n) is 6.52. The second-order valence-electron chi connectivity index (χ2n) is 5.25. The van der Waals surface area contributed by atoms with Crippen LogP contribution in [-0.2, 0) is 0 Å². The Morgan fingerprint density at radius 2 is 2.27 bits per heavy atom. The highest BCUT2D eigenvalue weighted by Crippen LogP contribution is 2.50. The Kier molecular flexibility index (Phi) is 3.70. The zero-order valence-corrected chi connectivity index (χ0v) is 9.84. The standard InChI is InChI=1S/C14H23N/c1-3-5-6-14(15-4-2)13-10-11-7-8-12(13)9-11/h1,11-15H,4-10H2,2H3. The first-order valence-corrected chi connectivity index (χ1v) is 6.52. The maximum absolute atomic E-state index is 5.37. The molecule has 1 nitrogen and oxygen atoms in total. The summed E-state index contributed by atoms with van der Waals surface area (Å²) in [5.74, 6) is 5.77. The van der Waals surface area contributed by atoms with Crippen LogP contribution in [0, 0.1) is 30.1 Å². The predicted molar refractivity (Wildman–Crippen MR) is 64.5 cm³/mol. The first-order chi connectivity index (χ1) is 7.35. The minimum Gasteiger partial charge on any atom is -0.314 e. The van der Waals surface area contributed by atoms with Crippen LogP contribution in [0.15, 0.2) is 0 Å². The van der Waals surface area contributed by atoms with Gasteiger partial charge in [-0.2, -0.15) is 0 Å². The highest BCUT2D eigenvalue weighted by Gasteiger charge is 2.42. The summed E-state index contributed by atoms with van der Waals surface area (Å²) in [6, 6.07) is 0.696. The van der Waals surface area contributed by atoms with E-state index in [1.165, 1.54) is 32.1 Å².